The third kappa shape index (κ3) is 1.89. The van der Waals surface area contributed by atoms with E-state index < -0.39 is 6.10 Å². The number of fused-ring (bicyclic) bond motifs is 1. The zero-order valence-corrected chi connectivity index (χ0v) is 8.42. The largest absolute Gasteiger partial charge is 0.391 e. The fourth-order valence-corrected chi connectivity index (χ4v) is 1.56. The first-order valence-corrected chi connectivity index (χ1v) is 4.81. The molecule has 78 valence electrons. The molecule has 1 aromatic heterocycles. The molecule has 1 aromatic carbocycles. The molecule has 4 nitrogen and oxygen atoms in total. The summed E-state index contributed by atoms with van der Waals surface area (Å²) in [7, 11) is 0. The molecule has 2 aromatic rings. The van der Waals surface area contributed by atoms with Crippen LogP contribution in [0.15, 0.2) is 35.3 Å². The molecule has 0 radical (unpaired) electrons. The van der Waals surface area contributed by atoms with Crippen molar-refractivity contribution in [2.45, 2.75) is 19.6 Å². The highest BCUT2D eigenvalue weighted by molar-refractivity contribution is 5.77. The van der Waals surface area contributed by atoms with Gasteiger partial charge in [-0.1, -0.05) is 12.1 Å². The molecule has 2 rings (SSSR count). The summed E-state index contributed by atoms with van der Waals surface area (Å²) >= 11 is 0. The van der Waals surface area contributed by atoms with Crippen LogP contribution >= 0.6 is 0 Å². The Labute approximate surface area is 86.8 Å². The maximum Gasteiger partial charge on any atom is 0.207 e. The monoisotopic (exact) mass is 204 g/mol. The minimum Gasteiger partial charge on any atom is -0.391 e. The van der Waals surface area contributed by atoms with Crippen molar-refractivity contribution in [3.05, 3.63) is 40.7 Å². The number of aliphatic hydroxyl groups excluding tert-OH is 1. The first-order chi connectivity index (χ1) is 7.18. The molecule has 0 aliphatic carbocycles. The Morgan fingerprint density at radius 1 is 1.47 bits per heavy atom. The molecule has 0 saturated heterocycles. The van der Waals surface area contributed by atoms with Crippen molar-refractivity contribution in [3.63, 3.8) is 0 Å². The predicted octanol–water partition coefficient (Wildman–Crippen LogP) is 0.777. The third-order valence-electron chi connectivity index (χ3n) is 2.20. The van der Waals surface area contributed by atoms with Gasteiger partial charge in [0.1, 0.15) is 0 Å². The fourth-order valence-electron chi connectivity index (χ4n) is 1.56. The molecule has 1 N–H and O–H groups in total. The van der Waals surface area contributed by atoms with E-state index in [2.05, 4.69) is 5.10 Å². The molecule has 0 unspecified atom stereocenters. The zero-order valence-electron chi connectivity index (χ0n) is 8.42. The molecule has 1 heterocycles. The molecule has 0 fully saturated rings. The van der Waals surface area contributed by atoms with Crippen LogP contribution in [0, 0.1) is 0 Å². The number of aromatic nitrogens is 2. The lowest BCUT2D eigenvalue weighted by Crippen LogP contribution is -2.18. The van der Waals surface area contributed by atoms with E-state index in [0.29, 0.717) is 11.9 Å². The normalized spacial score (nSPS) is 12.9. The van der Waals surface area contributed by atoms with Gasteiger partial charge in [0.15, 0.2) is 0 Å². The van der Waals surface area contributed by atoms with Crippen molar-refractivity contribution in [3.8, 4) is 0 Å². The maximum atomic E-state index is 11.5. The van der Waals surface area contributed by atoms with Crippen LogP contribution in [0.3, 0.4) is 0 Å². The lowest BCUT2D eigenvalue weighted by Gasteiger charge is -2.10. The molecule has 0 aliphatic heterocycles. The van der Waals surface area contributed by atoms with Crippen LogP contribution in [0.4, 0.5) is 0 Å². The van der Waals surface area contributed by atoms with Crippen LogP contribution < -0.4 is 5.43 Å². The number of nitrogens with zero attached hydrogens (tertiary/aromatic N) is 2. The summed E-state index contributed by atoms with van der Waals surface area (Å²) in [6.45, 7) is 2.08. The standard InChI is InChI=1S/C11H12N2O2/c1-8(14)7-13-10-5-3-2-4-9(10)11(15)6-12-13/h2-6,8,14H,7H2,1H3/t8-/m1/s1. The van der Waals surface area contributed by atoms with Gasteiger partial charge in [-0.2, -0.15) is 5.10 Å². The number of para-hydroxylation sites is 1. The molecule has 0 bridgehead atoms. The highest BCUT2D eigenvalue weighted by atomic mass is 16.3. The summed E-state index contributed by atoms with van der Waals surface area (Å²) < 4.78 is 1.64. The van der Waals surface area contributed by atoms with Crippen molar-refractivity contribution in [1.82, 2.24) is 9.78 Å². The van der Waals surface area contributed by atoms with Crippen molar-refractivity contribution >= 4 is 10.9 Å². The van der Waals surface area contributed by atoms with E-state index in [1.165, 1.54) is 6.20 Å². The minimum absolute atomic E-state index is 0.0903. The van der Waals surface area contributed by atoms with Gasteiger partial charge < -0.3 is 5.11 Å². The van der Waals surface area contributed by atoms with Gasteiger partial charge >= 0.3 is 0 Å². The molecule has 1 atom stereocenters. The predicted molar refractivity (Wildman–Crippen MR) is 57.7 cm³/mol. The Bertz CT molecular complexity index is 531. The van der Waals surface area contributed by atoms with Gasteiger partial charge in [0.05, 0.1) is 24.4 Å². The van der Waals surface area contributed by atoms with Crippen LogP contribution in [0.2, 0.25) is 0 Å². The van der Waals surface area contributed by atoms with Crippen molar-refractivity contribution in [1.29, 1.82) is 0 Å². The van der Waals surface area contributed by atoms with Gasteiger partial charge in [-0.05, 0) is 19.1 Å². The fraction of sp³-hybridized carbons (Fsp3) is 0.273. The second kappa shape index (κ2) is 3.82. The van der Waals surface area contributed by atoms with E-state index in [9.17, 15) is 9.90 Å². The van der Waals surface area contributed by atoms with Crippen molar-refractivity contribution in [2.24, 2.45) is 0 Å². The second-order valence-corrected chi connectivity index (χ2v) is 3.56. The van der Waals surface area contributed by atoms with Gasteiger partial charge in [-0.25, -0.2) is 0 Å². The highest BCUT2D eigenvalue weighted by Gasteiger charge is 2.04. The number of rotatable bonds is 2. The number of hydrogen-bond donors (Lipinski definition) is 1. The summed E-state index contributed by atoms with van der Waals surface area (Å²) in [5.74, 6) is 0. The molecular weight excluding hydrogens is 192 g/mol. The summed E-state index contributed by atoms with van der Waals surface area (Å²) in [5, 5.41) is 13.9. The van der Waals surface area contributed by atoms with E-state index in [-0.39, 0.29) is 5.43 Å². The van der Waals surface area contributed by atoms with Crippen LogP contribution in [0.1, 0.15) is 6.92 Å². The third-order valence-corrected chi connectivity index (χ3v) is 2.20. The smallest absolute Gasteiger partial charge is 0.207 e. The van der Waals surface area contributed by atoms with E-state index in [4.69, 9.17) is 0 Å². The lowest BCUT2D eigenvalue weighted by atomic mass is 10.2. The topological polar surface area (TPSA) is 55.1 Å². The zero-order chi connectivity index (χ0) is 10.8. The van der Waals surface area contributed by atoms with Crippen molar-refractivity contribution in [2.75, 3.05) is 0 Å². The summed E-state index contributed by atoms with van der Waals surface area (Å²) in [5.41, 5.74) is 0.665. The average Bonchev–Trinajstić information content (AvgIpc) is 2.22. The van der Waals surface area contributed by atoms with E-state index >= 15 is 0 Å². The number of benzene rings is 1. The maximum absolute atomic E-state index is 11.5. The average molecular weight is 204 g/mol. The van der Waals surface area contributed by atoms with Crippen LogP contribution in [-0.2, 0) is 6.54 Å². The van der Waals surface area contributed by atoms with Crippen LogP contribution in [0.5, 0.6) is 0 Å². The Balaban J connectivity index is 2.66. The van der Waals surface area contributed by atoms with E-state index in [0.717, 1.165) is 5.52 Å². The van der Waals surface area contributed by atoms with Crippen LogP contribution in [-0.4, -0.2) is 21.0 Å². The SMILES string of the molecule is C[C@@H](O)Cn1ncc(=O)c2ccccc21. The van der Waals surface area contributed by atoms with Crippen LogP contribution in [0.25, 0.3) is 10.9 Å². The summed E-state index contributed by atoms with van der Waals surface area (Å²) in [6, 6.07) is 7.25. The first-order valence-electron chi connectivity index (χ1n) is 4.81. The van der Waals surface area contributed by atoms with E-state index in [1.54, 1.807) is 17.7 Å². The van der Waals surface area contributed by atoms with Crippen molar-refractivity contribution < 1.29 is 5.11 Å². The van der Waals surface area contributed by atoms with Gasteiger partial charge in [0.25, 0.3) is 0 Å². The summed E-state index contributed by atoms with van der Waals surface area (Å²) in [6.07, 6.45) is 0.799. The van der Waals surface area contributed by atoms with Gasteiger partial charge in [0, 0.05) is 5.39 Å². The minimum atomic E-state index is -0.483. The molecule has 0 saturated carbocycles. The number of aliphatic hydroxyl groups is 1. The highest BCUT2D eigenvalue weighted by Crippen LogP contribution is 2.08. The lowest BCUT2D eigenvalue weighted by molar-refractivity contribution is 0.170. The Morgan fingerprint density at radius 2 is 2.20 bits per heavy atom. The summed E-state index contributed by atoms with van der Waals surface area (Å²) in [4.78, 5) is 11.5. The number of hydrogen-bond acceptors (Lipinski definition) is 3. The first kappa shape index (κ1) is 9.86. The second-order valence-electron chi connectivity index (χ2n) is 3.56. The Morgan fingerprint density at radius 3 is 2.93 bits per heavy atom. The van der Waals surface area contributed by atoms with Gasteiger partial charge in [0.2, 0.25) is 5.43 Å². The molecular formula is C11H12N2O2. The molecule has 4 heteroatoms. The Hall–Kier alpha value is -1.68. The Kier molecular flexibility index (Phi) is 2.51. The molecule has 0 aliphatic rings. The van der Waals surface area contributed by atoms with Gasteiger partial charge in [-0.3, -0.25) is 9.48 Å². The molecule has 0 amide bonds. The molecule has 15 heavy (non-hydrogen) atoms. The van der Waals surface area contributed by atoms with Gasteiger partial charge in [-0.15, -0.1) is 0 Å². The van der Waals surface area contributed by atoms with E-state index in [1.807, 2.05) is 18.2 Å². The molecule has 0 spiro atoms. The quantitative estimate of drug-likeness (QED) is 0.786.